The van der Waals surface area contributed by atoms with E-state index in [2.05, 4.69) is 37.2 Å². The zero-order chi connectivity index (χ0) is 13.8. The number of aromatic nitrogens is 5. The van der Waals surface area contributed by atoms with E-state index in [0.717, 1.165) is 12.2 Å². The van der Waals surface area contributed by atoms with Crippen LogP contribution in [0.1, 0.15) is 25.2 Å². The Bertz CT molecular complexity index is 526. The average Bonchev–Trinajstić information content (AvgIpc) is 2.89. The fraction of sp³-hybridized carbons (Fsp3) is 0.455. The van der Waals surface area contributed by atoms with Crippen molar-refractivity contribution in [2.75, 3.05) is 24.3 Å². The fourth-order valence-corrected chi connectivity index (χ4v) is 1.75. The zero-order valence-corrected chi connectivity index (χ0v) is 11.8. The second-order valence-electron chi connectivity index (χ2n) is 4.20. The molecule has 2 N–H and O–H groups in total. The first-order chi connectivity index (χ1) is 9.10. The Morgan fingerprint density at radius 1 is 1.37 bits per heavy atom. The molecule has 2 aromatic heterocycles. The maximum absolute atomic E-state index is 5.89. The van der Waals surface area contributed by atoms with Gasteiger partial charge in [-0.25, -0.2) is 4.98 Å². The molecule has 2 heterocycles. The van der Waals surface area contributed by atoms with Crippen LogP contribution in [-0.2, 0) is 0 Å². The van der Waals surface area contributed by atoms with Crippen LogP contribution in [0.3, 0.4) is 0 Å². The van der Waals surface area contributed by atoms with E-state index >= 15 is 0 Å². The molecule has 0 aliphatic carbocycles. The first-order valence-corrected chi connectivity index (χ1v) is 6.32. The Morgan fingerprint density at radius 3 is 2.74 bits per heavy atom. The maximum atomic E-state index is 5.89. The number of rotatable bonds is 5. The van der Waals surface area contributed by atoms with Crippen molar-refractivity contribution in [3.63, 3.8) is 0 Å². The van der Waals surface area contributed by atoms with Gasteiger partial charge in [0.2, 0.25) is 17.2 Å². The molecule has 0 amide bonds. The van der Waals surface area contributed by atoms with Gasteiger partial charge in [-0.3, -0.25) is 0 Å². The third-order valence-electron chi connectivity index (χ3n) is 2.56. The molecular weight excluding hydrogens is 266 g/mol. The average molecular weight is 282 g/mol. The molecule has 2 aromatic rings. The Kier molecular flexibility index (Phi) is 4.16. The van der Waals surface area contributed by atoms with Crippen LogP contribution in [0, 0.1) is 0 Å². The molecule has 19 heavy (non-hydrogen) atoms. The lowest BCUT2D eigenvalue weighted by Crippen LogP contribution is -2.18. The molecule has 0 spiro atoms. The maximum Gasteiger partial charge on any atom is 0.230 e. The first kappa shape index (κ1) is 13.5. The molecule has 7 nitrogen and oxygen atoms in total. The Labute approximate surface area is 116 Å². The van der Waals surface area contributed by atoms with Crippen LogP contribution >= 0.6 is 11.6 Å². The van der Waals surface area contributed by atoms with E-state index in [0.29, 0.717) is 11.9 Å². The molecule has 0 aliphatic rings. The molecule has 0 saturated heterocycles. The van der Waals surface area contributed by atoms with E-state index in [1.165, 1.54) is 0 Å². The largest absolute Gasteiger partial charge is 0.347 e. The lowest BCUT2D eigenvalue weighted by Gasteiger charge is -2.16. The lowest BCUT2D eigenvalue weighted by molar-refractivity contribution is 0.694. The Morgan fingerprint density at radius 2 is 2.16 bits per heavy atom. The normalized spacial score (nSPS) is 12.2. The number of hydrogen-bond acceptors (Lipinski definition) is 6. The third-order valence-corrected chi connectivity index (χ3v) is 2.73. The summed E-state index contributed by atoms with van der Waals surface area (Å²) in [5, 5.41) is 3.36. The Hall–Kier alpha value is -1.89. The van der Waals surface area contributed by atoms with Crippen LogP contribution in [0.4, 0.5) is 11.9 Å². The van der Waals surface area contributed by atoms with Crippen molar-refractivity contribution in [2.24, 2.45) is 0 Å². The highest BCUT2D eigenvalue weighted by Gasteiger charge is 2.14. The summed E-state index contributed by atoms with van der Waals surface area (Å²) < 4.78 is 0. The quantitative estimate of drug-likeness (QED) is 0.871. The number of H-pyrrole nitrogens is 1. The van der Waals surface area contributed by atoms with Crippen LogP contribution in [0.15, 0.2) is 12.4 Å². The molecule has 0 radical (unpaired) electrons. The monoisotopic (exact) mass is 281 g/mol. The van der Waals surface area contributed by atoms with E-state index in [4.69, 9.17) is 11.6 Å². The zero-order valence-electron chi connectivity index (χ0n) is 11.1. The SMILES string of the molecule is CCC(Nc1nc(Cl)nc(N(C)C)n1)c1ncc[nH]1. The summed E-state index contributed by atoms with van der Waals surface area (Å²) in [5.74, 6) is 1.79. The molecule has 1 atom stereocenters. The highest BCUT2D eigenvalue weighted by molar-refractivity contribution is 6.28. The predicted octanol–water partition coefficient (Wildman–Crippen LogP) is 1.88. The van der Waals surface area contributed by atoms with E-state index in [1.54, 1.807) is 17.3 Å². The predicted molar refractivity (Wildman–Crippen MR) is 74.4 cm³/mol. The third kappa shape index (κ3) is 3.31. The summed E-state index contributed by atoms with van der Waals surface area (Å²) in [6.45, 7) is 2.05. The van der Waals surface area contributed by atoms with E-state index in [1.807, 2.05) is 14.1 Å². The lowest BCUT2D eigenvalue weighted by atomic mass is 10.2. The van der Waals surface area contributed by atoms with Gasteiger partial charge in [0.05, 0.1) is 6.04 Å². The van der Waals surface area contributed by atoms with Gasteiger partial charge < -0.3 is 15.2 Å². The molecule has 0 fully saturated rings. The summed E-state index contributed by atoms with van der Waals surface area (Å²) >= 11 is 5.89. The summed E-state index contributed by atoms with van der Waals surface area (Å²) in [4.78, 5) is 21.5. The highest BCUT2D eigenvalue weighted by atomic mass is 35.5. The number of aromatic amines is 1. The number of nitrogens with one attached hydrogen (secondary N) is 2. The molecule has 102 valence electrons. The molecule has 1 unspecified atom stereocenters. The number of halogens is 1. The number of anilines is 2. The van der Waals surface area contributed by atoms with Crippen molar-refractivity contribution in [3.8, 4) is 0 Å². The first-order valence-electron chi connectivity index (χ1n) is 5.95. The number of imidazole rings is 1. The summed E-state index contributed by atoms with van der Waals surface area (Å²) in [6.07, 6.45) is 4.34. The van der Waals surface area contributed by atoms with Gasteiger partial charge in [0.15, 0.2) is 0 Å². The summed E-state index contributed by atoms with van der Waals surface area (Å²) in [6, 6.07) is 0.00322. The second kappa shape index (κ2) is 5.83. The standard InChI is InChI=1S/C11H16ClN7/c1-4-7(8-13-5-6-14-8)15-10-16-9(12)17-11(18-10)19(2)3/h5-7H,4H2,1-3H3,(H,13,14)(H,15,16,17,18). The van der Waals surface area contributed by atoms with Gasteiger partial charge in [0.25, 0.3) is 0 Å². The molecule has 0 aliphatic heterocycles. The van der Waals surface area contributed by atoms with Gasteiger partial charge in [-0.05, 0) is 18.0 Å². The number of nitrogens with zero attached hydrogens (tertiary/aromatic N) is 5. The molecule has 0 saturated carbocycles. The Balaban J connectivity index is 2.22. The van der Waals surface area contributed by atoms with Crippen molar-refractivity contribution in [1.29, 1.82) is 0 Å². The van der Waals surface area contributed by atoms with Crippen molar-refractivity contribution < 1.29 is 0 Å². The van der Waals surface area contributed by atoms with Gasteiger partial charge in [0, 0.05) is 26.5 Å². The van der Waals surface area contributed by atoms with Crippen molar-refractivity contribution >= 4 is 23.5 Å². The van der Waals surface area contributed by atoms with Crippen LogP contribution in [-0.4, -0.2) is 39.0 Å². The van der Waals surface area contributed by atoms with Gasteiger partial charge >= 0.3 is 0 Å². The van der Waals surface area contributed by atoms with Crippen molar-refractivity contribution in [2.45, 2.75) is 19.4 Å². The van der Waals surface area contributed by atoms with Crippen molar-refractivity contribution in [3.05, 3.63) is 23.5 Å². The van der Waals surface area contributed by atoms with E-state index in [9.17, 15) is 0 Å². The number of hydrogen-bond donors (Lipinski definition) is 2. The summed E-state index contributed by atoms with van der Waals surface area (Å²) in [7, 11) is 3.69. The van der Waals surface area contributed by atoms with Crippen LogP contribution in [0.2, 0.25) is 5.28 Å². The van der Waals surface area contributed by atoms with E-state index < -0.39 is 0 Å². The van der Waals surface area contributed by atoms with Crippen LogP contribution in [0.25, 0.3) is 0 Å². The minimum Gasteiger partial charge on any atom is -0.347 e. The van der Waals surface area contributed by atoms with Crippen LogP contribution < -0.4 is 10.2 Å². The molecular formula is C11H16ClN7. The molecule has 2 rings (SSSR count). The smallest absolute Gasteiger partial charge is 0.230 e. The van der Waals surface area contributed by atoms with Crippen LogP contribution in [0.5, 0.6) is 0 Å². The summed E-state index contributed by atoms with van der Waals surface area (Å²) in [5.41, 5.74) is 0. The molecule has 0 bridgehead atoms. The minimum atomic E-state index is 0.00322. The minimum absolute atomic E-state index is 0.00322. The molecule has 8 heteroatoms. The van der Waals surface area contributed by atoms with E-state index in [-0.39, 0.29) is 11.3 Å². The van der Waals surface area contributed by atoms with Gasteiger partial charge in [-0.2, -0.15) is 15.0 Å². The van der Waals surface area contributed by atoms with Gasteiger partial charge in [-0.15, -0.1) is 0 Å². The topological polar surface area (TPSA) is 82.6 Å². The highest BCUT2D eigenvalue weighted by Crippen LogP contribution is 2.19. The second-order valence-corrected chi connectivity index (χ2v) is 4.54. The van der Waals surface area contributed by atoms with Gasteiger partial charge in [-0.1, -0.05) is 6.92 Å². The molecule has 0 aromatic carbocycles. The van der Waals surface area contributed by atoms with Gasteiger partial charge in [0.1, 0.15) is 5.82 Å². The fourth-order valence-electron chi connectivity index (χ4n) is 1.59. The van der Waals surface area contributed by atoms with Crippen molar-refractivity contribution in [1.82, 2.24) is 24.9 Å².